The van der Waals surface area contributed by atoms with Crippen LogP contribution in [0.1, 0.15) is 17.3 Å². The van der Waals surface area contributed by atoms with Crippen LogP contribution in [-0.2, 0) is 9.53 Å². The molecule has 1 amide bonds. The van der Waals surface area contributed by atoms with Gasteiger partial charge in [-0.15, -0.1) is 0 Å². The number of aromatic hydroxyl groups is 1. The van der Waals surface area contributed by atoms with E-state index >= 15 is 0 Å². The van der Waals surface area contributed by atoms with Gasteiger partial charge in [0.05, 0.1) is 7.11 Å². The van der Waals surface area contributed by atoms with Crippen LogP contribution < -0.4 is 9.64 Å². The molecule has 0 aromatic heterocycles. The molecule has 28 heavy (non-hydrogen) atoms. The summed E-state index contributed by atoms with van der Waals surface area (Å²) in [5, 5.41) is 9.95. The molecule has 0 unspecified atom stereocenters. The number of nitrogens with zero attached hydrogens (tertiary/aromatic N) is 2. The van der Waals surface area contributed by atoms with Crippen molar-refractivity contribution in [2.75, 3.05) is 38.2 Å². The third-order valence-electron chi connectivity index (χ3n) is 4.77. The Labute approximate surface area is 164 Å². The van der Waals surface area contributed by atoms with Gasteiger partial charge in [-0.25, -0.2) is 4.79 Å². The summed E-state index contributed by atoms with van der Waals surface area (Å²) < 4.78 is 10.3. The maximum absolute atomic E-state index is 12.6. The molecule has 0 aliphatic carbocycles. The first kappa shape index (κ1) is 19.5. The van der Waals surface area contributed by atoms with Gasteiger partial charge in [-0.2, -0.15) is 0 Å². The molecule has 2 aromatic carbocycles. The number of anilines is 1. The Morgan fingerprint density at radius 3 is 2.32 bits per heavy atom. The number of methoxy groups -OCH3 is 1. The van der Waals surface area contributed by atoms with Gasteiger partial charge in [-0.3, -0.25) is 4.79 Å². The lowest BCUT2D eigenvalue weighted by Crippen LogP contribution is -2.51. The molecule has 0 saturated carbocycles. The molecule has 7 heteroatoms. The third kappa shape index (κ3) is 4.36. The van der Waals surface area contributed by atoms with Gasteiger partial charge in [0, 0.05) is 37.9 Å². The van der Waals surface area contributed by atoms with Crippen LogP contribution in [0.5, 0.6) is 11.5 Å². The minimum Gasteiger partial charge on any atom is -0.507 e. The molecule has 3 rings (SSSR count). The number of ether oxygens (including phenoxy) is 2. The molecule has 0 radical (unpaired) electrons. The van der Waals surface area contributed by atoms with E-state index in [0.717, 1.165) is 18.8 Å². The predicted octanol–water partition coefficient (Wildman–Crippen LogP) is 2.29. The molecule has 1 fully saturated rings. The Balaban J connectivity index is 1.55. The van der Waals surface area contributed by atoms with Crippen molar-refractivity contribution in [3.63, 3.8) is 0 Å². The standard InChI is InChI=1S/C21H24N2O5/c1-15(28-21(26)18-9-8-17(27-2)14-19(18)24)20(25)23-12-10-22(11-13-23)16-6-4-3-5-7-16/h3-9,14-15,24H,10-13H2,1-2H3/t15-/m1/s1. The van der Waals surface area contributed by atoms with E-state index in [1.807, 2.05) is 30.3 Å². The van der Waals surface area contributed by atoms with E-state index in [4.69, 9.17) is 9.47 Å². The number of para-hydroxylation sites is 1. The zero-order valence-electron chi connectivity index (χ0n) is 16.0. The third-order valence-corrected chi connectivity index (χ3v) is 4.77. The van der Waals surface area contributed by atoms with Gasteiger partial charge < -0.3 is 24.4 Å². The molecule has 148 valence electrons. The first-order chi connectivity index (χ1) is 13.5. The number of amides is 1. The maximum atomic E-state index is 12.6. The zero-order valence-corrected chi connectivity index (χ0v) is 16.0. The quantitative estimate of drug-likeness (QED) is 0.797. The van der Waals surface area contributed by atoms with Crippen molar-refractivity contribution in [3.8, 4) is 11.5 Å². The largest absolute Gasteiger partial charge is 0.507 e. The number of phenols is 1. The van der Waals surface area contributed by atoms with Crippen LogP contribution >= 0.6 is 0 Å². The number of benzene rings is 2. The first-order valence-electron chi connectivity index (χ1n) is 9.16. The maximum Gasteiger partial charge on any atom is 0.342 e. The number of piperazine rings is 1. The Hall–Kier alpha value is -3.22. The predicted molar refractivity (Wildman–Crippen MR) is 105 cm³/mol. The van der Waals surface area contributed by atoms with Gasteiger partial charge >= 0.3 is 5.97 Å². The second-order valence-electron chi connectivity index (χ2n) is 6.58. The average Bonchev–Trinajstić information content (AvgIpc) is 2.73. The Morgan fingerprint density at radius 1 is 1.04 bits per heavy atom. The summed E-state index contributed by atoms with van der Waals surface area (Å²) in [5.41, 5.74) is 1.12. The van der Waals surface area contributed by atoms with Gasteiger partial charge in [-0.1, -0.05) is 18.2 Å². The van der Waals surface area contributed by atoms with E-state index in [1.165, 1.54) is 19.2 Å². The van der Waals surface area contributed by atoms with Crippen LogP contribution in [0.15, 0.2) is 48.5 Å². The summed E-state index contributed by atoms with van der Waals surface area (Å²) in [4.78, 5) is 28.9. The highest BCUT2D eigenvalue weighted by Gasteiger charge is 2.28. The van der Waals surface area contributed by atoms with Crippen LogP contribution in [0.25, 0.3) is 0 Å². The highest BCUT2D eigenvalue weighted by atomic mass is 16.5. The Morgan fingerprint density at radius 2 is 1.71 bits per heavy atom. The molecule has 7 nitrogen and oxygen atoms in total. The van der Waals surface area contributed by atoms with Crippen LogP contribution in [0.3, 0.4) is 0 Å². The fourth-order valence-electron chi connectivity index (χ4n) is 3.17. The fraction of sp³-hybridized carbons (Fsp3) is 0.333. The average molecular weight is 384 g/mol. The minimum absolute atomic E-state index is 0.00523. The molecule has 1 heterocycles. The SMILES string of the molecule is COc1ccc(C(=O)O[C@H](C)C(=O)N2CCN(c3ccccc3)CC2)c(O)c1. The summed E-state index contributed by atoms with van der Waals surface area (Å²) in [6, 6.07) is 14.3. The molecule has 1 aliphatic rings. The van der Waals surface area contributed by atoms with Crippen LogP contribution in [0.4, 0.5) is 5.69 Å². The molecule has 0 spiro atoms. The molecule has 2 aromatic rings. The van der Waals surface area contributed by atoms with E-state index in [2.05, 4.69) is 4.90 Å². The molecule has 1 aliphatic heterocycles. The minimum atomic E-state index is -0.933. The molecular weight excluding hydrogens is 360 g/mol. The first-order valence-corrected chi connectivity index (χ1v) is 9.16. The normalized spacial score (nSPS) is 15.1. The summed E-state index contributed by atoms with van der Waals surface area (Å²) >= 11 is 0. The highest BCUT2D eigenvalue weighted by molar-refractivity contribution is 5.94. The number of rotatable bonds is 5. The van der Waals surface area contributed by atoms with Gasteiger partial charge in [0.2, 0.25) is 0 Å². The van der Waals surface area contributed by atoms with E-state index in [0.29, 0.717) is 18.8 Å². The second-order valence-corrected chi connectivity index (χ2v) is 6.58. The lowest BCUT2D eigenvalue weighted by atomic mass is 10.2. The summed E-state index contributed by atoms with van der Waals surface area (Å²) in [6.45, 7) is 4.10. The number of phenolic OH excluding ortho intramolecular Hbond substituents is 1. The van der Waals surface area contributed by atoms with E-state index in [1.54, 1.807) is 17.9 Å². The monoisotopic (exact) mass is 384 g/mol. The van der Waals surface area contributed by atoms with Crippen LogP contribution in [0.2, 0.25) is 0 Å². The Kier molecular flexibility index (Phi) is 6.03. The van der Waals surface area contributed by atoms with Crippen molar-refractivity contribution < 1.29 is 24.2 Å². The topological polar surface area (TPSA) is 79.3 Å². The van der Waals surface area contributed by atoms with E-state index < -0.39 is 12.1 Å². The van der Waals surface area contributed by atoms with Crippen molar-refractivity contribution in [1.29, 1.82) is 0 Å². The molecule has 1 atom stereocenters. The van der Waals surface area contributed by atoms with Crippen molar-refractivity contribution >= 4 is 17.6 Å². The summed E-state index contributed by atoms with van der Waals surface area (Å²) in [5.74, 6) is -0.812. The number of hydrogen-bond acceptors (Lipinski definition) is 6. The van der Waals surface area contributed by atoms with Crippen molar-refractivity contribution in [3.05, 3.63) is 54.1 Å². The molecule has 1 saturated heterocycles. The van der Waals surface area contributed by atoms with Gasteiger partial charge in [0.1, 0.15) is 17.1 Å². The summed E-state index contributed by atoms with van der Waals surface area (Å²) in [6.07, 6.45) is -0.933. The zero-order chi connectivity index (χ0) is 20.1. The van der Waals surface area contributed by atoms with Crippen molar-refractivity contribution in [2.45, 2.75) is 13.0 Å². The smallest absolute Gasteiger partial charge is 0.342 e. The lowest BCUT2D eigenvalue weighted by Gasteiger charge is -2.37. The van der Waals surface area contributed by atoms with E-state index in [9.17, 15) is 14.7 Å². The van der Waals surface area contributed by atoms with Gasteiger partial charge in [0.25, 0.3) is 5.91 Å². The summed E-state index contributed by atoms with van der Waals surface area (Å²) in [7, 11) is 1.46. The number of esters is 1. The van der Waals surface area contributed by atoms with Gasteiger partial charge in [0.15, 0.2) is 6.10 Å². The van der Waals surface area contributed by atoms with E-state index in [-0.39, 0.29) is 17.2 Å². The van der Waals surface area contributed by atoms with Crippen LogP contribution in [-0.4, -0.2) is 61.3 Å². The number of carbonyl (C=O) groups is 2. The highest BCUT2D eigenvalue weighted by Crippen LogP contribution is 2.24. The molecular formula is C21H24N2O5. The number of hydrogen-bond donors (Lipinski definition) is 1. The fourth-order valence-corrected chi connectivity index (χ4v) is 3.17. The lowest BCUT2D eigenvalue weighted by molar-refractivity contribution is -0.140. The second kappa shape index (κ2) is 8.65. The van der Waals surface area contributed by atoms with Crippen LogP contribution in [0, 0.1) is 0 Å². The van der Waals surface area contributed by atoms with Crippen molar-refractivity contribution in [1.82, 2.24) is 4.90 Å². The number of carbonyl (C=O) groups excluding carboxylic acids is 2. The molecule has 0 bridgehead atoms. The van der Waals surface area contributed by atoms with Gasteiger partial charge in [-0.05, 0) is 31.2 Å². The van der Waals surface area contributed by atoms with Crippen molar-refractivity contribution in [2.24, 2.45) is 0 Å². The Bertz CT molecular complexity index is 832. The molecule has 1 N–H and O–H groups in total.